The van der Waals surface area contributed by atoms with Gasteiger partial charge in [0.1, 0.15) is 17.0 Å². The zero-order chi connectivity index (χ0) is 18.6. The Kier molecular flexibility index (Phi) is 5.95. The lowest BCUT2D eigenvalue weighted by Crippen LogP contribution is -2.19. The Morgan fingerprint density at radius 1 is 1.40 bits per heavy atom. The average molecular weight is 365 g/mol. The molecule has 2 rings (SSSR count). The first-order valence-electron chi connectivity index (χ1n) is 7.26. The number of halogens is 1. The molecule has 25 heavy (non-hydrogen) atoms. The summed E-state index contributed by atoms with van der Waals surface area (Å²) in [5, 5.41) is 13.6. The maximum Gasteiger partial charge on any atom is 0.342 e. The SMILES string of the molecule is COc1cccc(-c2noc(/C=C\C(=O)CN(C)C)c2C(=O)O)c1Cl. The number of hydrogen-bond donors (Lipinski definition) is 1. The van der Waals surface area contributed by atoms with Gasteiger partial charge >= 0.3 is 5.97 Å². The highest BCUT2D eigenvalue weighted by molar-refractivity contribution is 6.35. The molecule has 8 heteroatoms. The topological polar surface area (TPSA) is 92.9 Å². The van der Waals surface area contributed by atoms with Crippen molar-refractivity contribution in [1.82, 2.24) is 10.1 Å². The van der Waals surface area contributed by atoms with Gasteiger partial charge in [0, 0.05) is 5.56 Å². The molecule has 0 aliphatic rings. The number of carboxylic acid groups (broad SMARTS) is 1. The molecule has 0 unspecified atom stereocenters. The molecule has 0 saturated heterocycles. The number of aromatic carboxylic acids is 1. The van der Waals surface area contributed by atoms with Crippen LogP contribution in [0.5, 0.6) is 5.75 Å². The number of rotatable bonds is 7. The predicted octanol–water partition coefficient (Wildman–Crippen LogP) is 2.85. The van der Waals surface area contributed by atoms with Crippen LogP contribution in [0.25, 0.3) is 17.3 Å². The molecule has 0 radical (unpaired) electrons. The minimum atomic E-state index is -1.24. The fourth-order valence-corrected chi connectivity index (χ4v) is 2.48. The molecule has 0 saturated carbocycles. The monoisotopic (exact) mass is 364 g/mol. The van der Waals surface area contributed by atoms with Crippen molar-refractivity contribution in [1.29, 1.82) is 0 Å². The highest BCUT2D eigenvalue weighted by Crippen LogP contribution is 2.37. The highest BCUT2D eigenvalue weighted by atomic mass is 35.5. The molecule has 0 atom stereocenters. The van der Waals surface area contributed by atoms with Crippen molar-refractivity contribution >= 4 is 29.4 Å². The minimum Gasteiger partial charge on any atom is -0.495 e. The molecule has 1 aromatic heterocycles. The molecular formula is C17H17ClN2O5. The molecule has 7 nitrogen and oxygen atoms in total. The van der Waals surface area contributed by atoms with E-state index < -0.39 is 5.97 Å². The molecule has 1 aromatic carbocycles. The Morgan fingerprint density at radius 3 is 2.72 bits per heavy atom. The highest BCUT2D eigenvalue weighted by Gasteiger charge is 2.24. The van der Waals surface area contributed by atoms with E-state index in [1.165, 1.54) is 19.3 Å². The molecule has 132 valence electrons. The van der Waals surface area contributed by atoms with Gasteiger partial charge in [-0.2, -0.15) is 0 Å². The van der Waals surface area contributed by atoms with Crippen molar-refractivity contribution in [2.75, 3.05) is 27.7 Å². The van der Waals surface area contributed by atoms with Crippen LogP contribution in [-0.2, 0) is 4.79 Å². The van der Waals surface area contributed by atoms with Crippen molar-refractivity contribution < 1.29 is 24.0 Å². The predicted molar refractivity (Wildman–Crippen MR) is 93.1 cm³/mol. The van der Waals surface area contributed by atoms with Gasteiger partial charge in [-0.05, 0) is 32.3 Å². The Labute approximate surface area is 149 Å². The van der Waals surface area contributed by atoms with E-state index >= 15 is 0 Å². The lowest BCUT2D eigenvalue weighted by molar-refractivity contribution is -0.115. The summed E-state index contributed by atoms with van der Waals surface area (Å²) in [4.78, 5) is 25.1. The number of likely N-dealkylation sites (N-methyl/N-ethyl adjacent to an activating group) is 1. The number of carbonyl (C=O) groups is 2. The molecule has 1 N–H and O–H groups in total. The van der Waals surface area contributed by atoms with Crippen LogP contribution >= 0.6 is 11.6 Å². The summed E-state index contributed by atoms with van der Waals surface area (Å²) in [6.07, 6.45) is 2.55. The Bertz CT molecular complexity index is 826. The van der Waals surface area contributed by atoms with Crippen LogP contribution in [0.3, 0.4) is 0 Å². The third kappa shape index (κ3) is 4.26. The number of hydrogen-bond acceptors (Lipinski definition) is 6. The number of aromatic nitrogens is 1. The van der Waals surface area contributed by atoms with Crippen LogP contribution in [0.1, 0.15) is 16.1 Å². The zero-order valence-electron chi connectivity index (χ0n) is 13.9. The first kappa shape index (κ1) is 18.7. The van der Waals surface area contributed by atoms with Crippen molar-refractivity contribution in [2.24, 2.45) is 0 Å². The van der Waals surface area contributed by atoms with Gasteiger partial charge < -0.3 is 19.3 Å². The summed E-state index contributed by atoms with van der Waals surface area (Å²) in [7, 11) is 4.97. The summed E-state index contributed by atoms with van der Waals surface area (Å²) in [6, 6.07) is 4.92. The van der Waals surface area contributed by atoms with Crippen LogP contribution in [0.4, 0.5) is 0 Å². The van der Waals surface area contributed by atoms with Gasteiger partial charge in [0.05, 0.1) is 18.7 Å². The minimum absolute atomic E-state index is 0.0338. The third-order valence-corrected chi connectivity index (χ3v) is 3.65. The van der Waals surface area contributed by atoms with Gasteiger partial charge in [0.25, 0.3) is 0 Å². The molecule has 2 aromatic rings. The Hall–Kier alpha value is -2.64. The lowest BCUT2D eigenvalue weighted by atomic mass is 10.1. The van der Waals surface area contributed by atoms with Gasteiger partial charge in [0.15, 0.2) is 11.5 Å². The smallest absolute Gasteiger partial charge is 0.342 e. The standard InChI is InChI=1S/C17H17ClN2O5/c1-20(2)9-10(21)7-8-12-14(17(22)23)16(19-25-12)11-5-4-6-13(24-3)15(11)18/h4-8H,9H2,1-3H3,(H,22,23)/b8-7-. The second-order valence-corrected chi connectivity index (χ2v) is 5.81. The van der Waals surface area contributed by atoms with Crippen molar-refractivity contribution in [3.05, 3.63) is 40.6 Å². The first-order valence-corrected chi connectivity index (χ1v) is 7.64. The summed E-state index contributed by atoms with van der Waals surface area (Å²) in [6.45, 7) is 0.196. The largest absolute Gasteiger partial charge is 0.495 e. The molecule has 0 spiro atoms. The number of carboxylic acids is 1. The number of nitrogens with zero attached hydrogens (tertiary/aromatic N) is 2. The summed E-state index contributed by atoms with van der Waals surface area (Å²) in [5.41, 5.74) is 0.251. The molecule has 0 amide bonds. The average Bonchev–Trinajstić information content (AvgIpc) is 2.96. The van der Waals surface area contributed by atoms with Crippen LogP contribution < -0.4 is 4.74 Å². The van der Waals surface area contributed by atoms with Gasteiger partial charge in [-0.15, -0.1) is 0 Å². The van der Waals surface area contributed by atoms with E-state index in [4.69, 9.17) is 20.9 Å². The number of carbonyl (C=O) groups excluding carboxylic acids is 1. The molecule has 0 aliphatic heterocycles. The summed E-state index contributed by atoms with van der Waals surface area (Å²) in [5.74, 6) is -1.08. The fourth-order valence-electron chi connectivity index (χ4n) is 2.19. The summed E-state index contributed by atoms with van der Waals surface area (Å²) >= 11 is 6.24. The van der Waals surface area contributed by atoms with Gasteiger partial charge in [0.2, 0.25) is 0 Å². The van der Waals surface area contributed by atoms with Crippen LogP contribution in [0.15, 0.2) is 28.8 Å². The molecule has 1 heterocycles. The third-order valence-electron chi connectivity index (χ3n) is 3.26. The maximum atomic E-state index is 11.7. The van der Waals surface area contributed by atoms with Gasteiger partial charge in [-0.25, -0.2) is 4.79 Å². The maximum absolute atomic E-state index is 11.7. The Morgan fingerprint density at radius 2 is 2.12 bits per heavy atom. The molecular weight excluding hydrogens is 348 g/mol. The molecule has 0 fully saturated rings. The van der Waals surface area contributed by atoms with Crippen molar-refractivity contribution in [3.8, 4) is 17.0 Å². The van der Waals surface area contributed by atoms with Gasteiger partial charge in [-0.1, -0.05) is 28.9 Å². The number of benzene rings is 1. The van der Waals surface area contributed by atoms with Crippen molar-refractivity contribution in [3.63, 3.8) is 0 Å². The van der Waals surface area contributed by atoms with E-state index in [0.29, 0.717) is 11.3 Å². The number of ether oxygens (including phenoxy) is 1. The van der Waals surface area contributed by atoms with E-state index in [9.17, 15) is 14.7 Å². The zero-order valence-corrected chi connectivity index (χ0v) is 14.7. The normalized spacial score (nSPS) is 11.2. The molecule has 0 aliphatic carbocycles. The van der Waals surface area contributed by atoms with Crippen molar-refractivity contribution in [2.45, 2.75) is 0 Å². The quantitative estimate of drug-likeness (QED) is 0.755. The van der Waals surface area contributed by atoms with Gasteiger partial charge in [-0.3, -0.25) is 4.79 Å². The number of methoxy groups -OCH3 is 1. The van der Waals surface area contributed by atoms with E-state index in [0.717, 1.165) is 0 Å². The van der Waals surface area contributed by atoms with Crippen LogP contribution in [0.2, 0.25) is 5.02 Å². The second-order valence-electron chi connectivity index (χ2n) is 5.43. The lowest BCUT2D eigenvalue weighted by Gasteiger charge is -2.06. The van der Waals surface area contributed by atoms with E-state index in [1.807, 2.05) is 0 Å². The van der Waals surface area contributed by atoms with Crippen LogP contribution in [0, 0.1) is 0 Å². The van der Waals surface area contributed by atoms with E-state index in [2.05, 4.69) is 5.16 Å². The number of ketones is 1. The Balaban J connectivity index is 2.46. The first-order chi connectivity index (χ1) is 11.8. The second kappa shape index (κ2) is 7.96. The molecule has 0 bridgehead atoms. The summed E-state index contributed by atoms with van der Waals surface area (Å²) < 4.78 is 10.2. The van der Waals surface area contributed by atoms with E-state index in [1.54, 1.807) is 37.2 Å². The van der Waals surface area contributed by atoms with E-state index in [-0.39, 0.29) is 34.4 Å². The van der Waals surface area contributed by atoms with Crippen LogP contribution in [-0.4, -0.2) is 54.7 Å². The fraction of sp³-hybridized carbons (Fsp3) is 0.235.